The van der Waals surface area contributed by atoms with Crippen molar-refractivity contribution in [2.45, 2.75) is 27.4 Å². The van der Waals surface area contributed by atoms with Crippen molar-refractivity contribution in [3.63, 3.8) is 0 Å². The molecule has 0 aromatic carbocycles. The number of nitrogens with zero attached hydrogens (tertiary/aromatic N) is 3. The molecule has 2 rings (SSSR count). The van der Waals surface area contributed by atoms with E-state index in [1.54, 1.807) is 0 Å². The van der Waals surface area contributed by atoms with Crippen molar-refractivity contribution in [1.82, 2.24) is 9.97 Å². The molecule has 19 heavy (non-hydrogen) atoms. The van der Waals surface area contributed by atoms with Gasteiger partial charge >= 0.3 is 0 Å². The summed E-state index contributed by atoms with van der Waals surface area (Å²) >= 11 is 0. The van der Waals surface area contributed by atoms with Crippen LogP contribution in [0.2, 0.25) is 0 Å². The van der Waals surface area contributed by atoms with Crippen LogP contribution < -0.4 is 16.2 Å². The minimum absolute atomic E-state index is 0.415. The predicted molar refractivity (Wildman–Crippen MR) is 75.7 cm³/mol. The van der Waals surface area contributed by atoms with Gasteiger partial charge in [-0.1, -0.05) is 13.8 Å². The van der Waals surface area contributed by atoms with E-state index in [-0.39, 0.29) is 0 Å². The minimum Gasteiger partial charge on any atom is -0.374 e. The first kappa shape index (κ1) is 14.0. The maximum atomic E-state index is 5.47. The van der Waals surface area contributed by atoms with Crippen LogP contribution in [-0.4, -0.2) is 29.7 Å². The summed E-state index contributed by atoms with van der Waals surface area (Å²) in [5.74, 6) is 9.05. The van der Waals surface area contributed by atoms with Crippen molar-refractivity contribution in [3.05, 3.63) is 11.9 Å². The zero-order valence-corrected chi connectivity index (χ0v) is 11.9. The smallest absolute Gasteiger partial charge is 0.158 e. The maximum Gasteiger partial charge on any atom is 0.158 e. The Morgan fingerprint density at radius 2 is 2.05 bits per heavy atom. The number of nitrogens with one attached hydrogen (secondary N) is 1. The fourth-order valence-corrected chi connectivity index (χ4v) is 2.29. The van der Waals surface area contributed by atoms with Gasteiger partial charge in [0.1, 0.15) is 18.2 Å². The van der Waals surface area contributed by atoms with Crippen LogP contribution in [0.5, 0.6) is 0 Å². The molecule has 3 N–H and O–H groups in total. The topological polar surface area (TPSA) is 76.3 Å². The third-order valence-corrected chi connectivity index (χ3v) is 3.65. The SMILES string of the molecule is CCOCc1nc(NN)cc(N2CC(C)C(C)C2)n1. The van der Waals surface area contributed by atoms with E-state index in [4.69, 9.17) is 10.6 Å². The van der Waals surface area contributed by atoms with Crippen LogP contribution in [0, 0.1) is 11.8 Å². The highest BCUT2D eigenvalue weighted by Crippen LogP contribution is 2.27. The third kappa shape index (κ3) is 3.33. The Morgan fingerprint density at radius 1 is 1.37 bits per heavy atom. The van der Waals surface area contributed by atoms with Gasteiger partial charge in [-0.2, -0.15) is 0 Å². The largest absolute Gasteiger partial charge is 0.374 e. The summed E-state index contributed by atoms with van der Waals surface area (Å²) in [6.07, 6.45) is 0. The van der Waals surface area contributed by atoms with E-state index in [9.17, 15) is 0 Å². The van der Waals surface area contributed by atoms with Crippen LogP contribution >= 0.6 is 0 Å². The van der Waals surface area contributed by atoms with Gasteiger partial charge in [0.25, 0.3) is 0 Å². The second-order valence-corrected chi connectivity index (χ2v) is 5.17. The molecule has 106 valence electrons. The number of nitrogens with two attached hydrogens (primary N) is 1. The van der Waals surface area contributed by atoms with Gasteiger partial charge in [0, 0.05) is 25.8 Å². The monoisotopic (exact) mass is 265 g/mol. The van der Waals surface area contributed by atoms with Crippen molar-refractivity contribution >= 4 is 11.6 Å². The van der Waals surface area contributed by atoms with Gasteiger partial charge in [0.05, 0.1) is 0 Å². The van der Waals surface area contributed by atoms with E-state index in [2.05, 4.69) is 34.1 Å². The first-order valence-corrected chi connectivity index (χ1v) is 6.81. The molecule has 1 fully saturated rings. The molecular weight excluding hydrogens is 242 g/mol. The molecule has 0 aliphatic carbocycles. The highest BCUT2D eigenvalue weighted by Gasteiger charge is 2.27. The number of hydrogen-bond acceptors (Lipinski definition) is 6. The molecule has 2 unspecified atom stereocenters. The number of nitrogen functional groups attached to an aromatic ring is 1. The maximum absolute atomic E-state index is 5.47. The fraction of sp³-hybridized carbons (Fsp3) is 0.692. The van der Waals surface area contributed by atoms with Crippen LogP contribution in [0.3, 0.4) is 0 Å². The van der Waals surface area contributed by atoms with Crippen molar-refractivity contribution in [3.8, 4) is 0 Å². The summed E-state index contributed by atoms with van der Waals surface area (Å²) in [4.78, 5) is 11.1. The first-order valence-electron chi connectivity index (χ1n) is 6.81. The summed E-state index contributed by atoms with van der Waals surface area (Å²) in [5, 5.41) is 0. The number of anilines is 2. The number of ether oxygens (including phenoxy) is 1. The van der Waals surface area contributed by atoms with Gasteiger partial charge < -0.3 is 15.1 Å². The highest BCUT2D eigenvalue weighted by atomic mass is 16.5. The second kappa shape index (κ2) is 6.16. The zero-order chi connectivity index (χ0) is 13.8. The highest BCUT2D eigenvalue weighted by molar-refractivity contribution is 5.49. The molecule has 1 aliphatic rings. The van der Waals surface area contributed by atoms with E-state index < -0.39 is 0 Å². The lowest BCUT2D eigenvalue weighted by Crippen LogP contribution is -2.22. The van der Waals surface area contributed by atoms with E-state index in [1.807, 2.05) is 13.0 Å². The Labute approximate surface area is 114 Å². The molecule has 1 aliphatic heterocycles. The lowest BCUT2D eigenvalue weighted by Gasteiger charge is -2.18. The molecule has 0 saturated carbocycles. The lowest BCUT2D eigenvalue weighted by molar-refractivity contribution is 0.128. The van der Waals surface area contributed by atoms with E-state index in [0.29, 0.717) is 36.7 Å². The van der Waals surface area contributed by atoms with Crippen molar-refractivity contribution in [2.75, 3.05) is 30.0 Å². The van der Waals surface area contributed by atoms with Crippen LogP contribution in [0.4, 0.5) is 11.6 Å². The first-order chi connectivity index (χ1) is 9.13. The standard InChI is InChI=1S/C13H23N5O/c1-4-19-8-12-15-11(17-14)5-13(16-12)18-6-9(2)10(3)7-18/h5,9-10H,4,6-8,14H2,1-3H3,(H,15,16,17). The van der Waals surface area contributed by atoms with Gasteiger partial charge in [-0.25, -0.2) is 15.8 Å². The Balaban J connectivity index is 2.19. The summed E-state index contributed by atoms with van der Waals surface area (Å²) in [7, 11) is 0. The molecule has 0 bridgehead atoms. The van der Waals surface area contributed by atoms with E-state index in [0.717, 1.165) is 18.9 Å². The van der Waals surface area contributed by atoms with Crippen LogP contribution in [0.15, 0.2) is 6.07 Å². The normalized spacial score (nSPS) is 22.8. The Hall–Kier alpha value is -1.40. The lowest BCUT2D eigenvalue weighted by atomic mass is 10.0. The number of hydrogen-bond donors (Lipinski definition) is 2. The van der Waals surface area contributed by atoms with E-state index >= 15 is 0 Å². The molecule has 6 nitrogen and oxygen atoms in total. The quantitative estimate of drug-likeness (QED) is 0.619. The van der Waals surface area contributed by atoms with Gasteiger partial charge in [0.15, 0.2) is 5.82 Å². The summed E-state index contributed by atoms with van der Waals surface area (Å²) in [6.45, 7) is 9.61. The average molecular weight is 265 g/mol. The predicted octanol–water partition coefficient (Wildman–Crippen LogP) is 1.39. The molecule has 2 heterocycles. The Bertz CT molecular complexity index is 415. The zero-order valence-electron chi connectivity index (χ0n) is 11.9. The van der Waals surface area contributed by atoms with Gasteiger partial charge in [-0.05, 0) is 18.8 Å². The van der Waals surface area contributed by atoms with Gasteiger partial charge in [-0.15, -0.1) is 0 Å². The molecule has 2 atom stereocenters. The minimum atomic E-state index is 0.415. The van der Waals surface area contributed by atoms with Gasteiger partial charge in [-0.3, -0.25) is 0 Å². The number of hydrazine groups is 1. The number of rotatable bonds is 5. The Kier molecular flexibility index (Phi) is 4.55. The molecule has 1 aromatic rings. The molecule has 6 heteroatoms. The van der Waals surface area contributed by atoms with Crippen molar-refractivity contribution in [2.24, 2.45) is 17.7 Å². The van der Waals surface area contributed by atoms with Gasteiger partial charge in [0.2, 0.25) is 0 Å². The molecule has 0 spiro atoms. The summed E-state index contributed by atoms with van der Waals surface area (Å²) in [5.41, 5.74) is 2.60. The van der Waals surface area contributed by atoms with E-state index in [1.165, 1.54) is 0 Å². The average Bonchev–Trinajstić information content (AvgIpc) is 2.76. The fourth-order valence-electron chi connectivity index (χ4n) is 2.29. The molecule has 0 amide bonds. The molecule has 1 aromatic heterocycles. The molecular formula is C13H23N5O. The van der Waals surface area contributed by atoms with Crippen LogP contribution in [-0.2, 0) is 11.3 Å². The summed E-state index contributed by atoms with van der Waals surface area (Å²) < 4.78 is 5.37. The molecule has 0 radical (unpaired) electrons. The van der Waals surface area contributed by atoms with Crippen molar-refractivity contribution in [1.29, 1.82) is 0 Å². The summed E-state index contributed by atoms with van der Waals surface area (Å²) in [6, 6.07) is 1.89. The number of aromatic nitrogens is 2. The Morgan fingerprint density at radius 3 is 2.63 bits per heavy atom. The second-order valence-electron chi connectivity index (χ2n) is 5.17. The van der Waals surface area contributed by atoms with Crippen LogP contribution in [0.1, 0.15) is 26.6 Å². The van der Waals surface area contributed by atoms with Crippen LogP contribution in [0.25, 0.3) is 0 Å². The molecule has 1 saturated heterocycles. The third-order valence-electron chi connectivity index (χ3n) is 3.65. The van der Waals surface area contributed by atoms with Crippen molar-refractivity contribution < 1.29 is 4.74 Å².